The maximum atomic E-state index is 9.42. The summed E-state index contributed by atoms with van der Waals surface area (Å²) in [6.07, 6.45) is 0. The number of para-hydroxylation sites is 5. The van der Waals surface area contributed by atoms with Crippen LogP contribution in [0.1, 0.15) is 5.56 Å². The van der Waals surface area contributed by atoms with Crippen LogP contribution in [-0.4, -0.2) is 24.9 Å². The second-order valence-electron chi connectivity index (χ2n) is 12.7. The predicted molar refractivity (Wildman–Crippen MR) is 209 cm³/mol. The summed E-state index contributed by atoms with van der Waals surface area (Å²) < 4.78 is 4.67. The van der Waals surface area contributed by atoms with Gasteiger partial charge < -0.3 is 14.1 Å². The van der Waals surface area contributed by atoms with Gasteiger partial charge in [-0.3, -0.25) is 5.41 Å². The normalized spacial score (nSPS) is 12.1. The van der Waals surface area contributed by atoms with Gasteiger partial charge in [0.2, 0.25) is 5.62 Å². The summed E-state index contributed by atoms with van der Waals surface area (Å²) in [7, 11) is 0. The van der Waals surface area contributed by atoms with Crippen molar-refractivity contribution in [3.05, 3.63) is 181 Å². The lowest BCUT2D eigenvalue weighted by Crippen LogP contribution is -2.17. The van der Waals surface area contributed by atoms with E-state index in [1.165, 1.54) is 16.2 Å². The van der Waals surface area contributed by atoms with Crippen molar-refractivity contribution < 1.29 is 0 Å². The van der Waals surface area contributed by atoms with Crippen molar-refractivity contribution >= 4 is 60.4 Å². The van der Waals surface area contributed by atoms with Crippen molar-refractivity contribution in [2.45, 2.75) is 0 Å². The number of benzene rings is 7. The Balaban J connectivity index is 1.23. The lowest BCUT2D eigenvalue weighted by atomic mass is 10.1. The Morgan fingerprint density at radius 2 is 1.16 bits per heavy atom. The minimum absolute atomic E-state index is 0.119. The Morgan fingerprint density at radius 3 is 1.96 bits per heavy atom. The van der Waals surface area contributed by atoms with Gasteiger partial charge in [0, 0.05) is 43.7 Å². The van der Waals surface area contributed by atoms with Crippen LogP contribution in [-0.2, 0) is 0 Å². The van der Waals surface area contributed by atoms with Gasteiger partial charge in [0.05, 0.1) is 39.0 Å². The highest BCUT2D eigenvalue weighted by Gasteiger charge is 2.22. The van der Waals surface area contributed by atoms with Crippen LogP contribution in [0.3, 0.4) is 0 Å². The summed E-state index contributed by atoms with van der Waals surface area (Å²) in [6.45, 7) is 0. The molecule has 0 unspecified atom stereocenters. The molecule has 0 spiro atoms. The summed E-state index contributed by atoms with van der Waals surface area (Å²) in [5.41, 5.74) is 10.3. The summed E-state index contributed by atoms with van der Waals surface area (Å²) >= 11 is 0. The number of rotatable bonds is 4. The topological polar surface area (TPSA) is 74.8 Å². The highest BCUT2D eigenvalue weighted by Crippen LogP contribution is 2.42. The van der Waals surface area contributed by atoms with E-state index >= 15 is 0 Å². The number of fused-ring (bicyclic) bond motifs is 8. The van der Waals surface area contributed by atoms with Gasteiger partial charge in [-0.05, 0) is 48.5 Å². The standard InChI is InChI=1S/C45H30N6/c46-44(49-45-47-36-23-11-7-20-33(36)42(48-45)29-15-3-1-4-16-29)35-22-10-14-26-39(35)51-38-25-13-9-21-34(38)41-40(51)28-27-32-31-19-8-12-24-37(31)50(43(32)41)30-17-5-2-6-18-30/h1-28H,(H2,46,47,48,49). The van der Waals surface area contributed by atoms with Crippen LogP contribution < -0.4 is 5.62 Å². The number of amidine groups is 1. The molecule has 10 rings (SSSR count). The molecule has 0 aliphatic carbocycles. The van der Waals surface area contributed by atoms with Gasteiger partial charge in [0.1, 0.15) is 0 Å². The van der Waals surface area contributed by atoms with Crippen molar-refractivity contribution in [3.8, 4) is 22.6 Å². The van der Waals surface area contributed by atoms with E-state index in [1.807, 2.05) is 54.6 Å². The monoisotopic (exact) mass is 654 g/mol. The molecule has 10 aromatic rings. The Bertz CT molecular complexity index is 3040. The molecular formula is C45H30N6. The van der Waals surface area contributed by atoms with Crippen LogP contribution in [0.5, 0.6) is 0 Å². The largest absolute Gasteiger partial charge is 0.323 e. The van der Waals surface area contributed by atoms with E-state index in [1.54, 1.807) is 0 Å². The SMILES string of the molecule is N=C(/N=c1/nc(-c2ccccc2)c2ccccc2[nH]1)c1ccccc1-n1c2ccccc2c2c1ccc1c3ccccc3n(-c3ccccc3)c12. The molecule has 0 saturated heterocycles. The number of nitrogens with zero attached hydrogens (tertiary/aromatic N) is 4. The lowest BCUT2D eigenvalue weighted by Gasteiger charge is -2.13. The molecule has 0 fully saturated rings. The van der Waals surface area contributed by atoms with Gasteiger partial charge in [-0.1, -0.05) is 121 Å². The Kier molecular flexibility index (Phi) is 6.54. The van der Waals surface area contributed by atoms with Crippen molar-refractivity contribution in [2.24, 2.45) is 4.99 Å². The molecule has 6 heteroatoms. The van der Waals surface area contributed by atoms with Gasteiger partial charge >= 0.3 is 0 Å². The van der Waals surface area contributed by atoms with Gasteiger partial charge in [-0.15, -0.1) is 0 Å². The van der Waals surface area contributed by atoms with Crippen molar-refractivity contribution in [1.82, 2.24) is 19.1 Å². The van der Waals surface area contributed by atoms with E-state index in [0.717, 1.165) is 61.0 Å². The number of hydrogen-bond donors (Lipinski definition) is 2. The Labute approximate surface area is 292 Å². The molecule has 3 aromatic heterocycles. The van der Waals surface area contributed by atoms with Crippen molar-refractivity contribution in [2.75, 3.05) is 0 Å². The molecule has 0 atom stereocenters. The minimum atomic E-state index is 0.119. The number of H-pyrrole nitrogens is 1. The molecule has 0 saturated carbocycles. The second kappa shape index (κ2) is 11.5. The zero-order valence-corrected chi connectivity index (χ0v) is 27.5. The van der Waals surface area contributed by atoms with E-state index in [-0.39, 0.29) is 5.84 Å². The zero-order valence-electron chi connectivity index (χ0n) is 27.5. The van der Waals surface area contributed by atoms with Crippen molar-refractivity contribution in [1.29, 1.82) is 5.41 Å². The molecule has 7 aromatic carbocycles. The van der Waals surface area contributed by atoms with Crippen LogP contribution in [0.4, 0.5) is 0 Å². The third kappa shape index (κ3) is 4.54. The fraction of sp³-hybridized carbons (Fsp3) is 0. The molecule has 2 N–H and O–H groups in total. The molecule has 0 radical (unpaired) electrons. The molecule has 0 amide bonds. The van der Waals surface area contributed by atoms with Crippen LogP contribution in [0.2, 0.25) is 0 Å². The predicted octanol–water partition coefficient (Wildman–Crippen LogP) is 10.4. The average Bonchev–Trinajstić information content (AvgIpc) is 3.71. The first-order chi connectivity index (χ1) is 25.2. The molecule has 51 heavy (non-hydrogen) atoms. The fourth-order valence-corrected chi connectivity index (χ4v) is 7.63. The summed E-state index contributed by atoms with van der Waals surface area (Å²) in [6, 6.07) is 58.5. The molecule has 0 aliphatic rings. The first-order valence-corrected chi connectivity index (χ1v) is 17.0. The molecule has 6 nitrogen and oxygen atoms in total. The van der Waals surface area contributed by atoms with Crippen LogP contribution in [0, 0.1) is 5.41 Å². The Hall–Kier alpha value is -7.05. The molecule has 3 heterocycles. The third-order valence-corrected chi connectivity index (χ3v) is 9.80. The zero-order chi connectivity index (χ0) is 33.9. The smallest absolute Gasteiger partial charge is 0.229 e. The maximum absolute atomic E-state index is 9.42. The van der Waals surface area contributed by atoms with Crippen LogP contribution >= 0.6 is 0 Å². The lowest BCUT2D eigenvalue weighted by molar-refractivity contribution is 1.05. The quantitative estimate of drug-likeness (QED) is 0.144. The Morgan fingerprint density at radius 1 is 0.529 bits per heavy atom. The highest BCUT2D eigenvalue weighted by molar-refractivity contribution is 6.26. The van der Waals surface area contributed by atoms with Gasteiger partial charge in [0.25, 0.3) is 0 Å². The minimum Gasteiger partial charge on any atom is -0.323 e. The molecular weight excluding hydrogens is 625 g/mol. The number of aromatic amines is 1. The van der Waals surface area contributed by atoms with E-state index < -0.39 is 0 Å². The summed E-state index contributed by atoms with van der Waals surface area (Å²) in [5.74, 6) is 0.119. The van der Waals surface area contributed by atoms with E-state index in [4.69, 9.17) is 9.98 Å². The van der Waals surface area contributed by atoms with Crippen LogP contribution in [0.25, 0.3) is 77.1 Å². The number of aromatic nitrogens is 4. The second-order valence-corrected chi connectivity index (χ2v) is 12.7. The van der Waals surface area contributed by atoms with Crippen molar-refractivity contribution in [3.63, 3.8) is 0 Å². The summed E-state index contributed by atoms with van der Waals surface area (Å²) in [4.78, 5) is 13.2. The van der Waals surface area contributed by atoms with Gasteiger partial charge in [0.15, 0.2) is 5.84 Å². The number of hydrogen-bond acceptors (Lipinski definition) is 2. The molecule has 240 valence electrons. The molecule has 0 bridgehead atoms. The van der Waals surface area contributed by atoms with E-state index in [2.05, 4.69) is 129 Å². The third-order valence-electron chi connectivity index (χ3n) is 9.80. The highest BCUT2D eigenvalue weighted by atomic mass is 15.0. The molecule has 0 aliphatic heterocycles. The summed E-state index contributed by atoms with van der Waals surface area (Å²) in [5, 5.41) is 15.1. The van der Waals surface area contributed by atoms with E-state index in [0.29, 0.717) is 11.2 Å². The van der Waals surface area contributed by atoms with E-state index in [9.17, 15) is 5.41 Å². The van der Waals surface area contributed by atoms with Crippen LogP contribution in [0.15, 0.2) is 175 Å². The van der Waals surface area contributed by atoms with Gasteiger partial charge in [-0.25, -0.2) is 4.98 Å². The fourth-order valence-electron chi connectivity index (χ4n) is 7.63. The van der Waals surface area contributed by atoms with Gasteiger partial charge in [-0.2, -0.15) is 4.99 Å². The average molecular weight is 655 g/mol. The number of nitrogens with one attached hydrogen (secondary N) is 2. The first kappa shape index (κ1) is 28.9. The first-order valence-electron chi connectivity index (χ1n) is 17.0. The maximum Gasteiger partial charge on any atom is 0.229 e.